The molecule has 68 heavy (non-hydrogen) atoms. The Morgan fingerprint density at radius 2 is 1.26 bits per heavy atom. The molecular weight excluding hydrogens is 911 g/mol. The van der Waals surface area contributed by atoms with Crippen molar-refractivity contribution in [3.63, 3.8) is 0 Å². The van der Waals surface area contributed by atoms with Crippen molar-refractivity contribution in [2.24, 2.45) is 0 Å². The van der Waals surface area contributed by atoms with Crippen LogP contribution < -0.4 is 18.9 Å². The predicted octanol–water partition coefficient (Wildman–Crippen LogP) is 6.18. The molecular formula is C45H43N7O15S. The van der Waals surface area contributed by atoms with Gasteiger partial charge in [-0.1, -0.05) is 86.6 Å². The number of anilines is 1. The van der Waals surface area contributed by atoms with E-state index in [0.717, 1.165) is 0 Å². The van der Waals surface area contributed by atoms with Crippen molar-refractivity contribution >= 4 is 27.8 Å². The van der Waals surface area contributed by atoms with Crippen molar-refractivity contribution in [1.29, 1.82) is 0 Å². The SMILES string of the molecule is COc1ccccc1Oc1c(NS(=O)(=O)c2ccc(C(C)(C)COC(=O)Cc3cccc(CO[N+](=O)[O-])c3)cc2)nc(-c2ncccn2)nc1OCCOC(=O)Cc1cccc(CO[N+](=O)[O-])c1. The number of carbonyl (C=O) groups is 2. The Hall–Kier alpha value is -8.47. The summed E-state index contributed by atoms with van der Waals surface area (Å²) in [7, 11) is -3.05. The molecule has 0 saturated heterocycles. The lowest BCUT2D eigenvalue weighted by atomic mass is 9.86. The minimum atomic E-state index is -4.46. The fraction of sp³-hybridized carbons (Fsp3) is 0.244. The van der Waals surface area contributed by atoms with Crippen molar-refractivity contribution in [3.8, 4) is 34.8 Å². The number of para-hydroxylation sites is 2. The Bertz CT molecular complexity index is 2850. The molecule has 22 nitrogen and oxygen atoms in total. The molecule has 1 N–H and O–H groups in total. The van der Waals surface area contributed by atoms with E-state index in [1.165, 1.54) is 31.6 Å². The quantitative estimate of drug-likeness (QED) is 0.0307. The summed E-state index contributed by atoms with van der Waals surface area (Å²) < 4.78 is 59.5. The van der Waals surface area contributed by atoms with Crippen molar-refractivity contribution in [3.05, 3.63) is 164 Å². The molecule has 0 spiro atoms. The topological polar surface area (TPSA) is 283 Å². The van der Waals surface area contributed by atoms with Gasteiger partial charge >= 0.3 is 11.9 Å². The molecule has 0 radical (unpaired) electrons. The van der Waals surface area contributed by atoms with Gasteiger partial charge in [-0.05, 0) is 58.1 Å². The van der Waals surface area contributed by atoms with Crippen LogP contribution in [-0.4, -0.2) is 77.4 Å². The van der Waals surface area contributed by atoms with E-state index < -0.39 is 37.6 Å². The van der Waals surface area contributed by atoms with Gasteiger partial charge in [0.25, 0.3) is 26.1 Å². The summed E-state index contributed by atoms with van der Waals surface area (Å²) >= 11 is 0. The van der Waals surface area contributed by atoms with Crippen LogP contribution in [0, 0.1) is 20.2 Å². The lowest BCUT2D eigenvalue weighted by Crippen LogP contribution is -2.27. The maximum Gasteiger partial charge on any atom is 0.310 e. The number of rotatable bonds is 24. The molecule has 2 heterocycles. The largest absolute Gasteiger partial charge is 0.493 e. The molecule has 354 valence electrons. The van der Waals surface area contributed by atoms with Crippen molar-refractivity contribution in [1.82, 2.24) is 19.9 Å². The number of benzene rings is 4. The van der Waals surface area contributed by atoms with Crippen LogP contribution in [0.5, 0.6) is 23.1 Å². The van der Waals surface area contributed by atoms with Gasteiger partial charge in [0.15, 0.2) is 23.1 Å². The number of carbonyl (C=O) groups excluding carboxylic acids is 2. The van der Waals surface area contributed by atoms with Crippen LogP contribution in [-0.2, 0) is 70.2 Å². The van der Waals surface area contributed by atoms with Crippen molar-refractivity contribution < 1.29 is 61.5 Å². The first-order valence-corrected chi connectivity index (χ1v) is 21.8. The molecule has 0 saturated carbocycles. The summed E-state index contributed by atoms with van der Waals surface area (Å²) in [5.41, 5.74) is 1.95. The lowest BCUT2D eigenvalue weighted by Gasteiger charge is -2.25. The second-order valence-corrected chi connectivity index (χ2v) is 16.8. The molecule has 6 rings (SSSR count). The highest BCUT2D eigenvalue weighted by molar-refractivity contribution is 7.92. The van der Waals surface area contributed by atoms with E-state index in [4.69, 9.17) is 23.7 Å². The van der Waals surface area contributed by atoms with Crippen LogP contribution in [0.25, 0.3) is 11.6 Å². The lowest BCUT2D eigenvalue weighted by molar-refractivity contribution is -0.763. The molecule has 0 bridgehead atoms. The van der Waals surface area contributed by atoms with Gasteiger partial charge in [-0.2, -0.15) is 4.98 Å². The van der Waals surface area contributed by atoms with Crippen LogP contribution in [0.4, 0.5) is 5.82 Å². The van der Waals surface area contributed by atoms with Gasteiger partial charge in [-0.15, -0.1) is 20.2 Å². The molecule has 0 aliphatic carbocycles. The monoisotopic (exact) mass is 953 g/mol. The van der Waals surface area contributed by atoms with Gasteiger partial charge < -0.3 is 33.4 Å². The number of aromatic nitrogens is 4. The summed E-state index contributed by atoms with van der Waals surface area (Å²) in [6, 6.07) is 27.0. The number of methoxy groups -OCH3 is 1. The zero-order chi connectivity index (χ0) is 48.7. The third kappa shape index (κ3) is 14.0. The molecule has 0 fully saturated rings. The van der Waals surface area contributed by atoms with E-state index >= 15 is 0 Å². The number of nitrogens with zero attached hydrogens (tertiary/aromatic N) is 6. The van der Waals surface area contributed by atoms with Gasteiger partial charge in [-0.3, -0.25) is 14.3 Å². The van der Waals surface area contributed by atoms with E-state index in [9.17, 15) is 38.2 Å². The predicted molar refractivity (Wildman–Crippen MR) is 238 cm³/mol. The Kier molecular flexibility index (Phi) is 16.3. The Morgan fingerprint density at radius 3 is 1.85 bits per heavy atom. The summed E-state index contributed by atoms with van der Waals surface area (Å²) in [4.78, 5) is 72.8. The van der Waals surface area contributed by atoms with E-state index in [-0.39, 0.29) is 91.4 Å². The third-order valence-corrected chi connectivity index (χ3v) is 10.9. The number of hydrogen-bond donors (Lipinski definition) is 1. The van der Waals surface area contributed by atoms with Crippen LogP contribution in [0.3, 0.4) is 0 Å². The molecule has 6 aromatic rings. The minimum absolute atomic E-state index is 0.00186. The average molecular weight is 954 g/mol. The zero-order valence-electron chi connectivity index (χ0n) is 36.6. The standard InChI is InChI=1S/C45H43N7O15S/c1-45(2,29-64-39(54)26-31-10-7-12-33(24-31)28-66-52(57)58)34-15-17-35(18-16-34)68(59,60)50-41-40(67-37-14-5-4-13-36(37)61-3)44(49-43(48-41)42-46-19-8-20-47-42)63-22-21-62-38(53)25-30-9-6-11-32(23-30)27-65-51(55)56/h4-20,23-24H,21-22,25-29H2,1-3H3,(H,48,49,50). The normalized spacial score (nSPS) is 11.2. The maximum atomic E-state index is 14.2. The smallest absolute Gasteiger partial charge is 0.310 e. The minimum Gasteiger partial charge on any atom is -0.493 e. The van der Waals surface area contributed by atoms with Crippen molar-refractivity contribution in [2.45, 2.75) is 50.2 Å². The fourth-order valence-electron chi connectivity index (χ4n) is 6.27. The van der Waals surface area contributed by atoms with E-state index in [2.05, 4.69) is 34.3 Å². The number of ether oxygens (including phenoxy) is 5. The summed E-state index contributed by atoms with van der Waals surface area (Å²) in [6.45, 7) is 2.41. The maximum absolute atomic E-state index is 14.2. The van der Waals surface area contributed by atoms with Crippen LogP contribution in [0.15, 0.2) is 120 Å². The Morgan fingerprint density at radius 1 is 0.691 bits per heavy atom. The number of esters is 2. The molecule has 0 unspecified atom stereocenters. The first kappa shape index (κ1) is 49.0. The second kappa shape index (κ2) is 22.6. The summed E-state index contributed by atoms with van der Waals surface area (Å²) in [5, 5.41) is 19.4. The molecule has 2 aromatic heterocycles. The Balaban J connectivity index is 1.20. The molecule has 0 atom stereocenters. The van der Waals surface area contributed by atoms with Crippen molar-refractivity contribution in [2.75, 3.05) is 31.7 Å². The zero-order valence-corrected chi connectivity index (χ0v) is 37.5. The van der Waals surface area contributed by atoms with Gasteiger partial charge in [0.2, 0.25) is 11.6 Å². The van der Waals surface area contributed by atoms with Crippen LogP contribution >= 0.6 is 0 Å². The second-order valence-electron chi connectivity index (χ2n) is 15.1. The van der Waals surface area contributed by atoms with Gasteiger partial charge in [0.1, 0.15) is 33.0 Å². The van der Waals surface area contributed by atoms with E-state index in [1.807, 2.05) is 13.8 Å². The molecule has 23 heteroatoms. The molecule has 0 aliphatic rings. The number of hydrogen-bond acceptors (Lipinski definition) is 19. The molecule has 4 aromatic carbocycles. The highest BCUT2D eigenvalue weighted by Crippen LogP contribution is 2.41. The Labute approximate surface area is 388 Å². The van der Waals surface area contributed by atoms with Crippen LogP contribution in [0.2, 0.25) is 0 Å². The highest BCUT2D eigenvalue weighted by atomic mass is 32.2. The van der Waals surface area contributed by atoms with Crippen LogP contribution in [0.1, 0.15) is 41.7 Å². The number of sulfonamides is 1. The third-order valence-electron chi connectivity index (χ3n) is 9.59. The molecule has 0 amide bonds. The first-order chi connectivity index (χ1) is 32.6. The van der Waals surface area contributed by atoms with Gasteiger partial charge in [0, 0.05) is 17.8 Å². The summed E-state index contributed by atoms with van der Waals surface area (Å²) in [6.07, 6.45) is 2.60. The van der Waals surface area contributed by atoms with Gasteiger partial charge in [0.05, 0.1) is 24.8 Å². The van der Waals surface area contributed by atoms with E-state index in [0.29, 0.717) is 27.8 Å². The van der Waals surface area contributed by atoms with Gasteiger partial charge in [-0.25, -0.2) is 23.4 Å². The fourth-order valence-corrected chi connectivity index (χ4v) is 7.28. The number of nitrogens with one attached hydrogen (secondary N) is 1. The average Bonchev–Trinajstić information content (AvgIpc) is 3.32. The molecule has 0 aliphatic heterocycles. The summed E-state index contributed by atoms with van der Waals surface area (Å²) in [5.74, 6) is -1.91. The first-order valence-electron chi connectivity index (χ1n) is 20.4. The highest BCUT2D eigenvalue weighted by Gasteiger charge is 2.28. The van der Waals surface area contributed by atoms with E-state index in [1.54, 1.807) is 91.0 Å².